The van der Waals surface area contributed by atoms with Crippen LogP contribution in [0.25, 0.3) is 6.08 Å². The molecule has 146 valence electrons. The highest BCUT2D eigenvalue weighted by Gasteiger charge is 2.25. The summed E-state index contributed by atoms with van der Waals surface area (Å²) >= 11 is 7.80. The Morgan fingerprint density at radius 1 is 1.11 bits per heavy atom. The number of piperidine rings is 1. The van der Waals surface area contributed by atoms with Gasteiger partial charge >= 0.3 is 5.97 Å². The van der Waals surface area contributed by atoms with E-state index in [1.54, 1.807) is 29.2 Å². The van der Waals surface area contributed by atoms with Crippen LogP contribution in [0.2, 0.25) is 5.02 Å². The van der Waals surface area contributed by atoms with Gasteiger partial charge in [-0.3, -0.25) is 9.59 Å². The number of benzene rings is 2. The van der Waals surface area contributed by atoms with Crippen molar-refractivity contribution in [3.05, 3.63) is 64.9 Å². The molecule has 0 atom stereocenters. The maximum Gasteiger partial charge on any atom is 0.306 e. The molecule has 0 bridgehead atoms. The molecule has 2 aromatic rings. The smallest absolute Gasteiger partial charge is 0.306 e. The van der Waals surface area contributed by atoms with E-state index in [9.17, 15) is 14.0 Å². The fourth-order valence-corrected chi connectivity index (χ4v) is 4.12. The molecular weight excluding hydrogens is 401 g/mol. The lowest BCUT2D eigenvalue weighted by molar-refractivity contribution is -0.144. The fourth-order valence-electron chi connectivity index (χ4n) is 2.96. The Kier molecular flexibility index (Phi) is 6.75. The standard InChI is InChI=1S/C21H19ClFNO3S/c22-19-13-18(28-17-6-3-16(23)4-7-17)5-1-14(19)2-8-20(25)24-11-9-15(10-12-24)21(26)27/h1-8,13,15H,9-12H2,(H,26,27). The molecule has 1 heterocycles. The van der Waals surface area contributed by atoms with E-state index < -0.39 is 5.97 Å². The zero-order valence-electron chi connectivity index (χ0n) is 15.0. The van der Waals surface area contributed by atoms with Crippen molar-refractivity contribution >= 4 is 41.3 Å². The van der Waals surface area contributed by atoms with Crippen LogP contribution in [0.5, 0.6) is 0 Å². The summed E-state index contributed by atoms with van der Waals surface area (Å²) in [6, 6.07) is 11.7. The highest BCUT2D eigenvalue weighted by atomic mass is 35.5. The Hall–Kier alpha value is -2.31. The van der Waals surface area contributed by atoms with Crippen molar-refractivity contribution in [3.8, 4) is 0 Å². The molecule has 0 radical (unpaired) electrons. The number of hydrogen-bond acceptors (Lipinski definition) is 3. The van der Waals surface area contributed by atoms with Crippen LogP contribution in [0, 0.1) is 11.7 Å². The Bertz CT molecular complexity index is 893. The summed E-state index contributed by atoms with van der Waals surface area (Å²) < 4.78 is 13.0. The van der Waals surface area contributed by atoms with E-state index in [0.717, 1.165) is 15.4 Å². The van der Waals surface area contributed by atoms with Gasteiger partial charge in [0.05, 0.1) is 5.92 Å². The van der Waals surface area contributed by atoms with E-state index in [0.29, 0.717) is 31.0 Å². The number of carbonyl (C=O) groups is 2. The van der Waals surface area contributed by atoms with E-state index in [2.05, 4.69) is 0 Å². The van der Waals surface area contributed by atoms with Gasteiger partial charge in [-0.25, -0.2) is 4.39 Å². The quantitative estimate of drug-likeness (QED) is 0.695. The van der Waals surface area contributed by atoms with Crippen molar-refractivity contribution in [1.82, 2.24) is 4.90 Å². The van der Waals surface area contributed by atoms with Gasteiger partial charge in [0.2, 0.25) is 5.91 Å². The van der Waals surface area contributed by atoms with Crippen molar-refractivity contribution in [3.63, 3.8) is 0 Å². The van der Waals surface area contributed by atoms with Crippen LogP contribution in [-0.4, -0.2) is 35.0 Å². The number of nitrogens with zero attached hydrogens (tertiary/aromatic N) is 1. The van der Waals surface area contributed by atoms with Crippen LogP contribution in [-0.2, 0) is 9.59 Å². The highest BCUT2D eigenvalue weighted by molar-refractivity contribution is 7.99. The minimum Gasteiger partial charge on any atom is -0.481 e. The van der Waals surface area contributed by atoms with Crippen LogP contribution >= 0.6 is 23.4 Å². The molecule has 0 unspecified atom stereocenters. The van der Waals surface area contributed by atoms with E-state index in [1.165, 1.54) is 30.0 Å². The largest absolute Gasteiger partial charge is 0.481 e. The molecule has 0 aromatic heterocycles. The molecule has 7 heteroatoms. The summed E-state index contributed by atoms with van der Waals surface area (Å²) in [5.74, 6) is -1.59. The second kappa shape index (κ2) is 9.26. The molecule has 1 fully saturated rings. The first-order valence-electron chi connectivity index (χ1n) is 8.85. The molecule has 1 aliphatic rings. The Labute approximate surface area is 172 Å². The van der Waals surface area contributed by atoms with Crippen molar-refractivity contribution in [2.24, 2.45) is 5.92 Å². The van der Waals surface area contributed by atoms with Crippen LogP contribution < -0.4 is 0 Å². The van der Waals surface area contributed by atoms with Gasteiger partial charge in [0, 0.05) is 34.0 Å². The van der Waals surface area contributed by atoms with E-state index >= 15 is 0 Å². The topological polar surface area (TPSA) is 57.6 Å². The summed E-state index contributed by atoms with van der Waals surface area (Å²) in [6.07, 6.45) is 4.09. The van der Waals surface area contributed by atoms with E-state index in [1.807, 2.05) is 12.1 Å². The Morgan fingerprint density at radius 3 is 2.36 bits per heavy atom. The first kappa shape index (κ1) is 20.4. The predicted octanol–water partition coefficient (Wildman–Crippen LogP) is 4.97. The lowest BCUT2D eigenvalue weighted by atomic mass is 9.97. The van der Waals surface area contributed by atoms with Gasteiger partial charge in [0.15, 0.2) is 0 Å². The first-order valence-corrected chi connectivity index (χ1v) is 10.0. The minimum atomic E-state index is -0.798. The zero-order valence-corrected chi connectivity index (χ0v) is 16.5. The second-order valence-corrected chi connectivity index (χ2v) is 8.06. The number of amides is 1. The predicted molar refractivity (Wildman–Crippen MR) is 108 cm³/mol. The lowest BCUT2D eigenvalue weighted by Crippen LogP contribution is -2.39. The summed E-state index contributed by atoms with van der Waals surface area (Å²) in [6.45, 7) is 0.891. The first-order chi connectivity index (χ1) is 13.4. The molecule has 0 spiro atoms. The number of carboxylic acid groups (broad SMARTS) is 1. The molecule has 1 amide bonds. The van der Waals surface area contributed by atoms with Crippen LogP contribution in [0.15, 0.2) is 58.3 Å². The SMILES string of the molecule is O=C(O)C1CCN(C(=O)C=Cc2ccc(Sc3ccc(F)cc3)cc2Cl)CC1. The van der Waals surface area contributed by atoms with Crippen molar-refractivity contribution < 1.29 is 19.1 Å². The van der Waals surface area contributed by atoms with Gasteiger partial charge in [-0.2, -0.15) is 0 Å². The number of carboxylic acids is 1. The van der Waals surface area contributed by atoms with Crippen molar-refractivity contribution in [2.45, 2.75) is 22.6 Å². The number of halogens is 2. The number of likely N-dealkylation sites (tertiary alicyclic amines) is 1. The molecule has 1 saturated heterocycles. The van der Waals surface area contributed by atoms with Gasteiger partial charge in [0.25, 0.3) is 0 Å². The second-order valence-electron chi connectivity index (χ2n) is 6.51. The van der Waals surface area contributed by atoms with Gasteiger partial charge < -0.3 is 10.0 Å². The third kappa shape index (κ3) is 5.36. The molecule has 0 saturated carbocycles. The Balaban J connectivity index is 1.60. The molecule has 0 aliphatic carbocycles. The maximum absolute atomic E-state index is 13.0. The zero-order chi connectivity index (χ0) is 20.1. The average Bonchev–Trinajstić information content (AvgIpc) is 2.69. The number of hydrogen-bond donors (Lipinski definition) is 1. The third-order valence-corrected chi connectivity index (χ3v) is 5.91. The van der Waals surface area contributed by atoms with E-state index in [-0.39, 0.29) is 17.6 Å². The lowest BCUT2D eigenvalue weighted by Gasteiger charge is -2.29. The summed E-state index contributed by atoms with van der Waals surface area (Å²) in [7, 11) is 0. The van der Waals surface area contributed by atoms with E-state index in [4.69, 9.17) is 16.7 Å². The fraction of sp³-hybridized carbons (Fsp3) is 0.238. The third-order valence-electron chi connectivity index (χ3n) is 4.58. The molecule has 28 heavy (non-hydrogen) atoms. The molecule has 1 N–H and O–H groups in total. The van der Waals surface area contributed by atoms with Gasteiger partial charge in [-0.1, -0.05) is 29.4 Å². The van der Waals surface area contributed by atoms with Crippen molar-refractivity contribution in [1.29, 1.82) is 0 Å². The highest BCUT2D eigenvalue weighted by Crippen LogP contribution is 2.31. The maximum atomic E-state index is 13.0. The monoisotopic (exact) mass is 419 g/mol. The molecular formula is C21H19ClFNO3S. The number of carbonyl (C=O) groups excluding carboxylic acids is 1. The Morgan fingerprint density at radius 2 is 1.75 bits per heavy atom. The normalized spacial score (nSPS) is 15.1. The molecule has 3 rings (SSSR count). The number of rotatable bonds is 5. The van der Waals surface area contributed by atoms with Crippen molar-refractivity contribution in [2.75, 3.05) is 13.1 Å². The van der Waals surface area contributed by atoms with Gasteiger partial charge in [0.1, 0.15) is 5.82 Å². The minimum absolute atomic E-state index is 0.148. The summed E-state index contributed by atoms with van der Waals surface area (Å²) in [5.41, 5.74) is 0.721. The number of aliphatic carboxylic acids is 1. The molecule has 4 nitrogen and oxygen atoms in total. The summed E-state index contributed by atoms with van der Waals surface area (Å²) in [4.78, 5) is 26.8. The van der Waals surface area contributed by atoms with Gasteiger partial charge in [-0.05, 0) is 60.9 Å². The van der Waals surface area contributed by atoms with Gasteiger partial charge in [-0.15, -0.1) is 0 Å². The van der Waals surface area contributed by atoms with Crippen LogP contribution in [0.4, 0.5) is 4.39 Å². The average molecular weight is 420 g/mol. The van der Waals surface area contributed by atoms with Crippen LogP contribution in [0.1, 0.15) is 18.4 Å². The molecule has 2 aromatic carbocycles. The summed E-state index contributed by atoms with van der Waals surface area (Å²) in [5, 5.41) is 9.54. The van der Waals surface area contributed by atoms with Crippen LogP contribution in [0.3, 0.4) is 0 Å². The molecule has 1 aliphatic heterocycles.